The van der Waals surface area contributed by atoms with Crippen molar-refractivity contribution in [1.82, 2.24) is 4.57 Å². The summed E-state index contributed by atoms with van der Waals surface area (Å²) in [7, 11) is 0. The molecule has 2 aromatic heterocycles. The number of benzene rings is 10. The number of fused-ring (bicyclic) bond motifs is 6. The van der Waals surface area contributed by atoms with E-state index in [0.717, 1.165) is 89.2 Å². The topological polar surface area (TPSA) is 21.3 Å². The normalized spacial score (nSPS) is 11.5. The summed E-state index contributed by atoms with van der Waals surface area (Å²) in [5.41, 5.74) is 17.6. The van der Waals surface area contributed by atoms with Crippen LogP contribution in [0.1, 0.15) is 0 Å². The van der Waals surface area contributed by atoms with Crippen LogP contribution in [0.3, 0.4) is 0 Å². The maximum atomic E-state index is 6.54. The monoisotopic (exact) mass is 804 g/mol. The summed E-state index contributed by atoms with van der Waals surface area (Å²) in [6, 6.07) is 87.1. The molecule has 63 heavy (non-hydrogen) atoms. The van der Waals surface area contributed by atoms with Crippen LogP contribution in [0.15, 0.2) is 247 Å². The molecule has 0 saturated carbocycles. The third-order valence-corrected chi connectivity index (χ3v) is 12.4. The molecule has 0 spiro atoms. The molecule has 0 unspecified atom stereocenters. The average Bonchev–Trinajstić information content (AvgIpc) is 3.91. The van der Waals surface area contributed by atoms with E-state index in [1.807, 2.05) is 12.1 Å². The zero-order chi connectivity index (χ0) is 41.7. The van der Waals surface area contributed by atoms with E-state index in [-0.39, 0.29) is 0 Å². The SMILES string of the molecule is c1ccc(-c2ccccc2N(c2ccc(-c3ccccc3-c3cccc4c3oc3ccccc34)cc2)c2ccccc2-c2ccccc2-n2c3ccccc3c3ccccc32)cc1. The Bertz CT molecular complexity index is 3580. The highest BCUT2D eigenvalue weighted by atomic mass is 16.3. The third-order valence-electron chi connectivity index (χ3n) is 12.4. The molecule has 3 nitrogen and oxygen atoms in total. The molecule has 0 aliphatic heterocycles. The first-order valence-electron chi connectivity index (χ1n) is 21.5. The molecule has 2 heterocycles. The second kappa shape index (κ2) is 15.3. The van der Waals surface area contributed by atoms with Crippen LogP contribution in [0.25, 0.3) is 93.9 Å². The Balaban J connectivity index is 1.04. The quantitative estimate of drug-likeness (QED) is 0.153. The fourth-order valence-electron chi connectivity index (χ4n) is 9.63. The molecule has 0 atom stereocenters. The molecular weight excluding hydrogens is 765 g/mol. The maximum Gasteiger partial charge on any atom is 0.143 e. The zero-order valence-corrected chi connectivity index (χ0v) is 34.4. The van der Waals surface area contributed by atoms with E-state index in [0.29, 0.717) is 0 Å². The molecule has 12 aromatic rings. The van der Waals surface area contributed by atoms with Gasteiger partial charge in [-0.15, -0.1) is 0 Å². The molecule has 0 N–H and O–H groups in total. The number of rotatable bonds is 8. The minimum Gasteiger partial charge on any atom is -0.455 e. The highest BCUT2D eigenvalue weighted by molar-refractivity contribution is 6.11. The van der Waals surface area contributed by atoms with Crippen molar-refractivity contribution in [3.05, 3.63) is 243 Å². The molecule has 0 fully saturated rings. The molecule has 0 aliphatic rings. The average molecular weight is 805 g/mol. The van der Waals surface area contributed by atoms with Crippen LogP contribution in [0.4, 0.5) is 17.1 Å². The number of furan rings is 1. The lowest BCUT2D eigenvalue weighted by Crippen LogP contribution is -2.13. The second-order valence-electron chi connectivity index (χ2n) is 16.0. The van der Waals surface area contributed by atoms with Crippen molar-refractivity contribution in [2.24, 2.45) is 0 Å². The van der Waals surface area contributed by atoms with Crippen LogP contribution in [-0.2, 0) is 0 Å². The Morgan fingerprint density at radius 1 is 0.302 bits per heavy atom. The van der Waals surface area contributed by atoms with Gasteiger partial charge in [0.2, 0.25) is 0 Å². The Morgan fingerprint density at radius 3 is 1.52 bits per heavy atom. The van der Waals surface area contributed by atoms with E-state index in [9.17, 15) is 0 Å². The molecule has 0 bridgehead atoms. The molecule has 10 aromatic carbocycles. The van der Waals surface area contributed by atoms with Crippen LogP contribution < -0.4 is 4.90 Å². The van der Waals surface area contributed by atoms with Gasteiger partial charge < -0.3 is 13.9 Å². The highest BCUT2D eigenvalue weighted by Gasteiger charge is 2.23. The van der Waals surface area contributed by atoms with Gasteiger partial charge in [0.25, 0.3) is 0 Å². The van der Waals surface area contributed by atoms with Crippen molar-refractivity contribution in [3.63, 3.8) is 0 Å². The lowest BCUT2D eigenvalue weighted by Gasteiger charge is -2.30. The second-order valence-corrected chi connectivity index (χ2v) is 16.0. The van der Waals surface area contributed by atoms with Crippen molar-refractivity contribution in [3.8, 4) is 50.2 Å². The zero-order valence-electron chi connectivity index (χ0n) is 34.4. The van der Waals surface area contributed by atoms with Gasteiger partial charge in [0.1, 0.15) is 11.2 Å². The van der Waals surface area contributed by atoms with Crippen molar-refractivity contribution in [2.75, 3.05) is 4.90 Å². The van der Waals surface area contributed by atoms with E-state index < -0.39 is 0 Å². The van der Waals surface area contributed by atoms with Gasteiger partial charge in [-0.05, 0) is 70.8 Å². The van der Waals surface area contributed by atoms with Crippen LogP contribution >= 0.6 is 0 Å². The van der Waals surface area contributed by atoms with Crippen molar-refractivity contribution < 1.29 is 4.42 Å². The number of hydrogen-bond donors (Lipinski definition) is 0. The van der Waals surface area contributed by atoms with E-state index in [4.69, 9.17) is 4.42 Å². The Hall–Kier alpha value is -8.40. The molecule has 0 aliphatic carbocycles. The van der Waals surface area contributed by atoms with Gasteiger partial charge in [-0.1, -0.05) is 194 Å². The summed E-state index contributed by atoms with van der Waals surface area (Å²) in [6.07, 6.45) is 0. The van der Waals surface area contributed by atoms with Crippen molar-refractivity contribution >= 4 is 60.8 Å². The van der Waals surface area contributed by atoms with Gasteiger partial charge in [0.05, 0.1) is 28.1 Å². The van der Waals surface area contributed by atoms with Crippen LogP contribution in [0.2, 0.25) is 0 Å². The summed E-state index contributed by atoms with van der Waals surface area (Å²) in [5.74, 6) is 0. The standard InChI is InChI=1S/C60H40N2O/c1-2-19-41(20-3-1)45-22-6-12-31-54(45)61(43-39-37-42(38-40-43)44-21-4-5-23-46(44)52-29-18-30-53-51-28-11-17-36-59(51)63-60(52)53)55-32-13-7-24-47(55)48-25-8-14-33-56(48)62-57-34-15-9-26-49(57)50-27-10-16-35-58(50)62/h1-40H. The third kappa shape index (κ3) is 6.13. The fraction of sp³-hybridized carbons (Fsp3) is 0. The van der Waals surface area contributed by atoms with Crippen molar-refractivity contribution in [2.45, 2.75) is 0 Å². The highest BCUT2D eigenvalue weighted by Crippen LogP contribution is 2.47. The Kier molecular flexibility index (Phi) is 8.83. The van der Waals surface area contributed by atoms with Crippen LogP contribution in [0, 0.1) is 0 Å². The number of anilines is 3. The lowest BCUT2D eigenvalue weighted by atomic mass is 9.93. The Morgan fingerprint density at radius 2 is 0.794 bits per heavy atom. The van der Waals surface area contributed by atoms with E-state index >= 15 is 0 Å². The smallest absolute Gasteiger partial charge is 0.143 e. The first-order chi connectivity index (χ1) is 31.3. The minimum absolute atomic E-state index is 0.899. The summed E-state index contributed by atoms with van der Waals surface area (Å²) < 4.78 is 8.97. The van der Waals surface area contributed by atoms with Crippen LogP contribution in [-0.4, -0.2) is 4.57 Å². The van der Waals surface area contributed by atoms with Gasteiger partial charge in [-0.2, -0.15) is 0 Å². The molecule has 12 rings (SSSR count). The first-order valence-corrected chi connectivity index (χ1v) is 21.5. The first kappa shape index (κ1) is 36.5. The number of aromatic nitrogens is 1. The number of para-hydroxylation sites is 7. The van der Waals surface area contributed by atoms with Crippen LogP contribution in [0.5, 0.6) is 0 Å². The predicted molar refractivity (Wildman–Crippen MR) is 264 cm³/mol. The lowest BCUT2D eigenvalue weighted by molar-refractivity contribution is 0.670. The molecule has 0 radical (unpaired) electrons. The molecule has 0 saturated heterocycles. The van der Waals surface area contributed by atoms with E-state index in [2.05, 4.69) is 240 Å². The van der Waals surface area contributed by atoms with Gasteiger partial charge >= 0.3 is 0 Å². The summed E-state index contributed by atoms with van der Waals surface area (Å²) in [6.45, 7) is 0. The number of nitrogens with zero attached hydrogens (tertiary/aromatic N) is 2. The molecular formula is C60H40N2O. The largest absolute Gasteiger partial charge is 0.455 e. The number of hydrogen-bond acceptors (Lipinski definition) is 2. The van der Waals surface area contributed by atoms with Gasteiger partial charge in [0, 0.05) is 49.5 Å². The predicted octanol–water partition coefficient (Wildman–Crippen LogP) is 16.8. The summed E-state index contributed by atoms with van der Waals surface area (Å²) >= 11 is 0. The van der Waals surface area contributed by atoms with Gasteiger partial charge in [-0.3, -0.25) is 0 Å². The fourth-order valence-corrected chi connectivity index (χ4v) is 9.63. The van der Waals surface area contributed by atoms with Gasteiger partial charge in [-0.25, -0.2) is 0 Å². The van der Waals surface area contributed by atoms with E-state index in [1.165, 1.54) is 21.8 Å². The summed E-state index contributed by atoms with van der Waals surface area (Å²) in [4.78, 5) is 2.44. The Labute approximate surface area is 366 Å². The van der Waals surface area contributed by atoms with Gasteiger partial charge in [0.15, 0.2) is 0 Å². The molecule has 0 amide bonds. The van der Waals surface area contributed by atoms with Crippen molar-refractivity contribution in [1.29, 1.82) is 0 Å². The maximum absolute atomic E-state index is 6.54. The minimum atomic E-state index is 0.899. The summed E-state index contributed by atoms with van der Waals surface area (Å²) in [5, 5.41) is 4.74. The van der Waals surface area contributed by atoms with E-state index in [1.54, 1.807) is 0 Å². The molecule has 296 valence electrons. The molecule has 3 heteroatoms.